The van der Waals surface area contributed by atoms with Crippen molar-refractivity contribution in [1.29, 1.82) is 0 Å². The zero-order valence-electron chi connectivity index (χ0n) is 15.4. The number of morpholine rings is 1. The predicted octanol–water partition coefficient (Wildman–Crippen LogP) is 1.95. The Morgan fingerprint density at radius 1 is 1.25 bits per heavy atom. The first-order chi connectivity index (χ1) is 13.7. The molecule has 0 spiro atoms. The molecule has 0 N–H and O–H groups in total. The van der Waals surface area contributed by atoms with Crippen molar-refractivity contribution >= 4 is 16.8 Å². The van der Waals surface area contributed by atoms with Crippen molar-refractivity contribution in [3.8, 4) is 11.8 Å². The van der Waals surface area contributed by atoms with Gasteiger partial charge in [0, 0.05) is 30.4 Å². The van der Waals surface area contributed by atoms with Gasteiger partial charge >= 0.3 is 6.01 Å². The molecule has 1 amide bonds. The van der Waals surface area contributed by atoms with Gasteiger partial charge in [0.1, 0.15) is 24.2 Å². The molecule has 1 aliphatic rings. The van der Waals surface area contributed by atoms with Crippen molar-refractivity contribution < 1.29 is 19.0 Å². The molecule has 4 rings (SSSR count). The first-order valence-electron chi connectivity index (χ1n) is 8.99. The summed E-state index contributed by atoms with van der Waals surface area (Å²) in [5, 5.41) is 0.873. The van der Waals surface area contributed by atoms with Gasteiger partial charge in [0.25, 0.3) is 5.91 Å². The van der Waals surface area contributed by atoms with E-state index in [4.69, 9.17) is 14.2 Å². The van der Waals surface area contributed by atoms with Crippen LogP contribution in [-0.4, -0.2) is 65.3 Å². The van der Waals surface area contributed by atoms with E-state index in [1.54, 1.807) is 36.5 Å². The topological polar surface area (TPSA) is 86.7 Å². The lowest BCUT2D eigenvalue weighted by atomic mass is 10.1. The SMILES string of the molecule is COc1cc(C(=O)N2CCOC(COc3ncccn3)C2)nc2ccccc12. The maximum atomic E-state index is 13.0. The fourth-order valence-electron chi connectivity index (χ4n) is 3.12. The van der Waals surface area contributed by atoms with Crippen LogP contribution in [0.1, 0.15) is 10.5 Å². The number of ether oxygens (including phenoxy) is 3. The molecule has 0 radical (unpaired) electrons. The molecule has 1 unspecified atom stereocenters. The van der Waals surface area contributed by atoms with Crippen LogP contribution in [0.5, 0.6) is 11.8 Å². The maximum Gasteiger partial charge on any atom is 0.316 e. The van der Waals surface area contributed by atoms with Crippen LogP contribution in [0.25, 0.3) is 10.9 Å². The Kier molecular flexibility index (Phi) is 5.29. The Morgan fingerprint density at radius 3 is 2.89 bits per heavy atom. The fraction of sp³-hybridized carbons (Fsp3) is 0.300. The van der Waals surface area contributed by atoms with Crippen molar-refractivity contribution in [1.82, 2.24) is 19.9 Å². The highest BCUT2D eigenvalue weighted by molar-refractivity contribution is 5.97. The lowest BCUT2D eigenvalue weighted by Gasteiger charge is -2.32. The summed E-state index contributed by atoms with van der Waals surface area (Å²) in [5.41, 5.74) is 1.07. The Balaban J connectivity index is 1.47. The van der Waals surface area contributed by atoms with Gasteiger partial charge in [0.15, 0.2) is 0 Å². The highest BCUT2D eigenvalue weighted by atomic mass is 16.5. The summed E-state index contributed by atoms with van der Waals surface area (Å²) in [6, 6.07) is 11.3. The number of pyridine rings is 1. The third kappa shape index (κ3) is 3.86. The highest BCUT2D eigenvalue weighted by Crippen LogP contribution is 2.25. The summed E-state index contributed by atoms with van der Waals surface area (Å²) in [7, 11) is 1.59. The average molecular weight is 380 g/mol. The number of aromatic nitrogens is 3. The minimum absolute atomic E-state index is 0.159. The van der Waals surface area contributed by atoms with Gasteiger partial charge in [-0.1, -0.05) is 12.1 Å². The Hall–Kier alpha value is -3.26. The molecule has 0 bridgehead atoms. The summed E-state index contributed by atoms with van der Waals surface area (Å²) in [6.45, 7) is 1.60. The molecule has 1 aromatic carbocycles. The molecule has 1 atom stereocenters. The normalized spacial score (nSPS) is 16.8. The monoisotopic (exact) mass is 380 g/mol. The summed E-state index contributed by atoms with van der Waals surface area (Å²) < 4.78 is 16.7. The van der Waals surface area contributed by atoms with Crippen molar-refractivity contribution in [2.75, 3.05) is 33.4 Å². The molecule has 2 aromatic heterocycles. The lowest BCUT2D eigenvalue weighted by molar-refractivity contribution is -0.0415. The number of hydrogen-bond donors (Lipinski definition) is 0. The van der Waals surface area contributed by atoms with Crippen LogP contribution in [-0.2, 0) is 4.74 Å². The fourth-order valence-corrected chi connectivity index (χ4v) is 3.12. The number of benzene rings is 1. The second-order valence-electron chi connectivity index (χ2n) is 6.31. The van der Waals surface area contributed by atoms with Crippen LogP contribution in [0.15, 0.2) is 48.8 Å². The van der Waals surface area contributed by atoms with Crippen LogP contribution in [0, 0.1) is 0 Å². The molecule has 8 heteroatoms. The van der Waals surface area contributed by atoms with Crippen LogP contribution in [0.4, 0.5) is 0 Å². The maximum absolute atomic E-state index is 13.0. The third-order valence-corrected chi connectivity index (χ3v) is 4.48. The van der Waals surface area contributed by atoms with Crippen LogP contribution in [0.3, 0.4) is 0 Å². The van der Waals surface area contributed by atoms with E-state index in [9.17, 15) is 4.79 Å². The number of nitrogens with zero attached hydrogens (tertiary/aromatic N) is 4. The minimum Gasteiger partial charge on any atom is -0.496 e. The molecule has 3 heterocycles. The Labute approximate surface area is 162 Å². The number of hydrogen-bond acceptors (Lipinski definition) is 7. The number of methoxy groups -OCH3 is 1. The van der Waals surface area contributed by atoms with Gasteiger partial charge < -0.3 is 19.1 Å². The van der Waals surface area contributed by atoms with E-state index in [1.165, 1.54) is 0 Å². The van der Waals surface area contributed by atoms with Gasteiger partial charge in [-0.15, -0.1) is 0 Å². The second kappa shape index (κ2) is 8.18. The van der Waals surface area contributed by atoms with Crippen molar-refractivity contribution in [3.63, 3.8) is 0 Å². The average Bonchev–Trinajstić information content (AvgIpc) is 2.77. The second-order valence-corrected chi connectivity index (χ2v) is 6.31. The van der Waals surface area contributed by atoms with Crippen molar-refractivity contribution in [2.24, 2.45) is 0 Å². The number of fused-ring (bicyclic) bond motifs is 1. The summed E-state index contributed by atoms with van der Waals surface area (Å²) >= 11 is 0. The van der Waals surface area contributed by atoms with Crippen LogP contribution >= 0.6 is 0 Å². The van der Waals surface area contributed by atoms with Gasteiger partial charge in [-0.3, -0.25) is 4.79 Å². The molecule has 144 valence electrons. The van der Waals surface area contributed by atoms with E-state index >= 15 is 0 Å². The Morgan fingerprint density at radius 2 is 2.07 bits per heavy atom. The largest absolute Gasteiger partial charge is 0.496 e. The molecule has 8 nitrogen and oxygen atoms in total. The van der Waals surface area contributed by atoms with E-state index < -0.39 is 0 Å². The molecular weight excluding hydrogens is 360 g/mol. The molecule has 28 heavy (non-hydrogen) atoms. The van der Waals surface area contributed by atoms with Crippen molar-refractivity contribution in [2.45, 2.75) is 6.10 Å². The predicted molar refractivity (Wildman–Crippen MR) is 101 cm³/mol. The van der Waals surface area contributed by atoms with Gasteiger partial charge in [-0.05, 0) is 18.2 Å². The van der Waals surface area contributed by atoms with E-state index in [0.29, 0.717) is 31.1 Å². The van der Waals surface area contributed by atoms with E-state index in [-0.39, 0.29) is 24.6 Å². The van der Waals surface area contributed by atoms with Gasteiger partial charge in [-0.25, -0.2) is 15.0 Å². The van der Waals surface area contributed by atoms with Crippen LogP contribution in [0.2, 0.25) is 0 Å². The van der Waals surface area contributed by atoms with Gasteiger partial charge in [-0.2, -0.15) is 0 Å². The van der Waals surface area contributed by atoms with Crippen LogP contribution < -0.4 is 9.47 Å². The third-order valence-electron chi connectivity index (χ3n) is 4.48. The van der Waals surface area contributed by atoms with Gasteiger partial charge in [0.05, 0.1) is 25.8 Å². The minimum atomic E-state index is -0.260. The zero-order valence-corrected chi connectivity index (χ0v) is 15.4. The molecule has 1 aliphatic heterocycles. The zero-order chi connectivity index (χ0) is 19.3. The molecule has 0 aliphatic carbocycles. The number of para-hydroxylation sites is 1. The summed E-state index contributed by atoms with van der Waals surface area (Å²) in [6.07, 6.45) is 2.96. The standard InChI is InChI=1S/C20H20N4O4/c1-26-18-11-17(23-16-6-3-2-5-15(16)18)19(25)24-9-10-27-14(12-24)13-28-20-21-7-4-8-22-20/h2-8,11,14H,9-10,12-13H2,1H3. The smallest absolute Gasteiger partial charge is 0.316 e. The van der Waals surface area contributed by atoms with E-state index in [2.05, 4.69) is 15.0 Å². The molecule has 3 aromatic rings. The van der Waals surface area contributed by atoms with E-state index in [1.807, 2.05) is 24.3 Å². The summed E-state index contributed by atoms with van der Waals surface area (Å²) in [4.78, 5) is 27.3. The molecule has 1 saturated heterocycles. The number of carbonyl (C=O) groups is 1. The first kappa shape index (κ1) is 18.1. The number of carbonyl (C=O) groups excluding carboxylic acids is 1. The first-order valence-corrected chi connectivity index (χ1v) is 8.99. The lowest BCUT2D eigenvalue weighted by Crippen LogP contribution is -2.47. The van der Waals surface area contributed by atoms with Crippen molar-refractivity contribution in [3.05, 3.63) is 54.5 Å². The quantitative estimate of drug-likeness (QED) is 0.669. The number of rotatable bonds is 5. The molecular formula is C20H20N4O4. The van der Waals surface area contributed by atoms with E-state index in [0.717, 1.165) is 10.9 Å². The summed E-state index contributed by atoms with van der Waals surface area (Å²) in [5.74, 6) is 0.469. The molecule has 1 fully saturated rings. The highest BCUT2D eigenvalue weighted by Gasteiger charge is 2.27. The molecule has 0 saturated carbocycles. The number of amides is 1. The van der Waals surface area contributed by atoms with Gasteiger partial charge in [0.2, 0.25) is 0 Å². The Bertz CT molecular complexity index is 967.